The topological polar surface area (TPSA) is 41.6 Å². The molecular formula is C14H19ClN2O2S. The van der Waals surface area contributed by atoms with Crippen LogP contribution in [0, 0.1) is 6.92 Å². The maximum atomic E-state index is 11.8. The fraction of sp³-hybridized carbons (Fsp3) is 0.429. The number of benzene rings is 1. The van der Waals surface area contributed by atoms with Crippen molar-refractivity contribution < 1.29 is 9.53 Å². The van der Waals surface area contributed by atoms with E-state index in [-0.39, 0.29) is 12.5 Å². The number of carbonyl (C=O) groups excluding carboxylic acids is 1. The number of rotatable bonds is 5. The van der Waals surface area contributed by atoms with E-state index in [4.69, 9.17) is 28.6 Å². The average Bonchev–Trinajstić information content (AvgIpc) is 2.39. The third-order valence-electron chi connectivity index (χ3n) is 2.79. The molecule has 0 saturated carbocycles. The summed E-state index contributed by atoms with van der Waals surface area (Å²) in [5.74, 6) is 0.370. The van der Waals surface area contributed by atoms with Gasteiger partial charge in [0.1, 0.15) is 5.75 Å². The van der Waals surface area contributed by atoms with Gasteiger partial charge >= 0.3 is 0 Å². The van der Waals surface area contributed by atoms with Gasteiger partial charge in [-0.15, -0.1) is 0 Å². The van der Waals surface area contributed by atoms with Crippen molar-refractivity contribution in [3.63, 3.8) is 0 Å². The monoisotopic (exact) mass is 314 g/mol. The lowest BCUT2D eigenvalue weighted by atomic mass is 10.2. The van der Waals surface area contributed by atoms with Crippen molar-refractivity contribution >= 4 is 34.8 Å². The molecule has 0 atom stereocenters. The molecule has 0 spiro atoms. The molecule has 0 fully saturated rings. The number of amides is 1. The lowest BCUT2D eigenvalue weighted by Gasteiger charge is -2.21. The molecule has 1 aromatic carbocycles. The summed E-state index contributed by atoms with van der Waals surface area (Å²) in [7, 11) is 0. The van der Waals surface area contributed by atoms with Crippen LogP contribution in [0.1, 0.15) is 19.4 Å². The highest BCUT2D eigenvalue weighted by molar-refractivity contribution is 7.80. The van der Waals surface area contributed by atoms with Gasteiger partial charge in [0.25, 0.3) is 5.91 Å². The SMILES string of the molecule is CCN(CC)C(=S)NC(=O)COc1ccc(Cl)cc1C. The molecule has 4 nitrogen and oxygen atoms in total. The summed E-state index contributed by atoms with van der Waals surface area (Å²) in [5, 5.41) is 3.72. The molecule has 6 heteroatoms. The van der Waals surface area contributed by atoms with Crippen molar-refractivity contribution in [2.45, 2.75) is 20.8 Å². The number of nitrogens with one attached hydrogen (secondary N) is 1. The summed E-state index contributed by atoms with van der Waals surface area (Å²) in [4.78, 5) is 13.7. The zero-order chi connectivity index (χ0) is 15.1. The molecule has 0 radical (unpaired) electrons. The molecule has 1 amide bonds. The van der Waals surface area contributed by atoms with Crippen LogP contribution in [-0.2, 0) is 4.79 Å². The Labute approximate surface area is 130 Å². The molecule has 0 saturated heterocycles. The van der Waals surface area contributed by atoms with Gasteiger partial charge in [0, 0.05) is 18.1 Å². The lowest BCUT2D eigenvalue weighted by Crippen LogP contribution is -2.44. The molecule has 1 aromatic rings. The van der Waals surface area contributed by atoms with Gasteiger partial charge in [-0.1, -0.05) is 11.6 Å². The summed E-state index contributed by atoms with van der Waals surface area (Å²) in [6, 6.07) is 5.26. The summed E-state index contributed by atoms with van der Waals surface area (Å²) in [6.07, 6.45) is 0. The molecule has 0 aliphatic carbocycles. The molecule has 110 valence electrons. The quantitative estimate of drug-likeness (QED) is 0.849. The Balaban J connectivity index is 2.49. The number of hydrogen-bond acceptors (Lipinski definition) is 3. The Hall–Kier alpha value is -1.33. The standard InChI is InChI=1S/C14H19ClN2O2S/c1-4-17(5-2)14(20)16-13(18)9-19-12-7-6-11(15)8-10(12)3/h6-8H,4-5,9H2,1-3H3,(H,16,18,20). The molecule has 0 heterocycles. The van der Waals surface area contributed by atoms with Crippen LogP contribution in [0.2, 0.25) is 5.02 Å². The van der Waals surface area contributed by atoms with Crippen molar-refractivity contribution in [2.75, 3.05) is 19.7 Å². The summed E-state index contributed by atoms with van der Waals surface area (Å²) in [6.45, 7) is 7.27. The van der Waals surface area contributed by atoms with Gasteiger partial charge < -0.3 is 15.0 Å². The number of thiocarbonyl (C=S) groups is 1. The molecule has 0 aliphatic rings. The van der Waals surface area contributed by atoms with E-state index in [1.807, 2.05) is 25.7 Å². The van der Waals surface area contributed by atoms with Gasteiger partial charge in [-0.3, -0.25) is 4.79 Å². The zero-order valence-electron chi connectivity index (χ0n) is 11.9. The van der Waals surface area contributed by atoms with E-state index in [0.29, 0.717) is 15.9 Å². The van der Waals surface area contributed by atoms with E-state index in [0.717, 1.165) is 18.7 Å². The second kappa shape index (κ2) is 8.07. The summed E-state index contributed by atoms with van der Waals surface area (Å²) >= 11 is 11.0. The Morgan fingerprint density at radius 1 is 1.40 bits per heavy atom. The van der Waals surface area contributed by atoms with Crippen LogP contribution in [0.15, 0.2) is 18.2 Å². The number of nitrogens with zero attached hydrogens (tertiary/aromatic N) is 1. The van der Waals surface area contributed by atoms with Crippen molar-refractivity contribution in [3.8, 4) is 5.75 Å². The first-order valence-electron chi connectivity index (χ1n) is 6.45. The van der Waals surface area contributed by atoms with E-state index < -0.39 is 0 Å². The largest absolute Gasteiger partial charge is 0.483 e. The molecule has 1 N–H and O–H groups in total. The van der Waals surface area contributed by atoms with E-state index >= 15 is 0 Å². The molecule has 1 rings (SSSR count). The predicted octanol–water partition coefficient (Wildman–Crippen LogP) is 2.77. The smallest absolute Gasteiger partial charge is 0.264 e. The van der Waals surface area contributed by atoms with E-state index in [9.17, 15) is 4.79 Å². The Bertz CT molecular complexity index is 490. The van der Waals surface area contributed by atoms with Gasteiger partial charge in [-0.25, -0.2) is 0 Å². The minimum atomic E-state index is -0.267. The molecule has 0 aromatic heterocycles. The summed E-state index contributed by atoms with van der Waals surface area (Å²) in [5.41, 5.74) is 0.886. The van der Waals surface area contributed by atoms with Crippen LogP contribution in [0.3, 0.4) is 0 Å². The molecular weight excluding hydrogens is 296 g/mol. The second-order valence-electron chi connectivity index (χ2n) is 4.22. The third kappa shape index (κ3) is 4.98. The maximum absolute atomic E-state index is 11.8. The molecule has 20 heavy (non-hydrogen) atoms. The first-order valence-corrected chi connectivity index (χ1v) is 7.24. The Morgan fingerprint density at radius 3 is 2.60 bits per heavy atom. The zero-order valence-corrected chi connectivity index (χ0v) is 13.5. The number of hydrogen-bond donors (Lipinski definition) is 1. The van der Waals surface area contributed by atoms with E-state index in [1.54, 1.807) is 18.2 Å². The maximum Gasteiger partial charge on any atom is 0.264 e. The van der Waals surface area contributed by atoms with Crippen LogP contribution in [0.4, 0.5) is 0 Å². The first kappa shape index (κ1) is 16.7. The number of ether oxygens (including phenoxy) is 1. The van der Waals surface area contributed by atoms with Crippen molar-refractivity contribution in [2.24, 2.45) is 0 Å². The second-order valence-corrected chi connectivity index (χ2v) is 5.05. The van der Waals surface area contributed by atoms with Crippen LogP contribution < -0.4 is 10.1 Å². The van der Waals surface area contributed by atoms with E-state index in [1.165, 1.54) is 0 Å². The van der Waals surface area contributed by atoms with Gasteiger partial charge in [-0.2, -0.15) is 0 Å². The minimum absolute atomic E-state index is 0.0795. The third-order valence-corrected chi connectivity index (χ3v) is 3.39. The highest BCUT2D eigenvalue weighted by Crippen LogP contribution is 2.21. The fourth-order valence-corrected chi connectivity index (χ4v) is 2.26. The van der Waals surface area contributed by atoms with Gasteiger partial charge in [0.2, 0.25) is 0 Å². The number of aryl methyl sites for hydroxylation is 1. The minimum Gasteiger partial charge on any atom is -0.483 e. The Morgan fingerprint density at radius 2 is 2.05 bits per heavy atom. The normalized spacial score (nSPS) is 10.0. The van der Waals surface area contributed by atoms with Gasteiger partial charge in [0.05, 0.1) is 0 Å². The molecule has 0 unspecified atom stereocenters. The molecule has 0 aliphatic heterocycles. The number of carbonyl (C=O) groups is 1. The van der Waals surface area contributed by atoms with Crippen molar-refractivity contribution in [1.29, 1.82) is 0 Å². The first-order chi connectivity index (χ1) is 9.47. The Kier molecular flexibility index (Phi) is 6.75. The lowest BCUT2D eigenvalue weighted by molar-refractivity contribution is -0.121. The van der Waals surface area contributed by atoms with E-state index in [2.05, 4.69) is 5.32 Å². The predicted molar refractivity (Wildman–Crippen MR) is 85.3 cm³/mol. The van der Waals surface area contributed by atoms with Gasteiger partial charge in [0.15, 0.2) is 11.7 Å². The average molecular weight is 315 g/mol. The van der Waals surface area contributed by atoms with Crippen LogP contribution in [0.25, 0.3) is 0 Å². The van der Waals surface area contributed by atoms with Crippen molar-refractivity contribution in [1.82, 2.24) is 10.2 Å². The molecule has 0 bridgehead atoms. The van der Waals surface area contributed by atoms with Crippen molar-refractivity contribution in [3.05, 3.63) is 28.8 Å². The highest BCUT2D eigenvalue weighted by Gasteiger charge is 2.10. The van der Waals surface area contributed by atoms with Crippen LogP contribution in [0.5, 0.6) is 5.75 Å². The fourth-order valence-electron chi connectivity index (χ4n) is 1.66. The summed E-state index contributed by atoms with van der Waals surface area (Å²) < 4.78 is 5.45. The van der Waals surface area contributed by atoms with Crippen LogP contribution in [-0.4, -0.2) is 35.6 Å². The van der Waals surface area contributed by atoms with Crippen LogP contribution >= 0.6 is 23.8 Å². The highest BCUT2D eigenvalue weighted by atomic mass is 35.5. The number of halogens is 1. The van der Waals surface area contributed by atoms with Gasteiger partial charge in [-0.05, 0) is 56.8 Å².